The Morgan fingerprint density at radius 3 is 1.55 bits per heavy atom. The smallest absolute Gasteiger partial charge is 0.397 e. The maximum atomic E-state index is 12.9. The van der Waals surface area contributed by atoms with Gasteiger partial charge in [0.1, 0.15) is 30.5 Å². The van der Waals surface area contributed by atoms with E-state index in [4.69, 9.17) is 18.9 Å². The highest BCUT2D eigenvalue weighted by molar-refractivity contribution is 7.80. The molecule has 0 aliphatic carbocycles. The first-order valence-corrected chi connectivity index (χ1v) is 27.4. The number of ether oxygens (including phenoxy) is 4. The number of esters is 1. The molecular formula is C53H94O12S. The lowest BCUT2D eigenvalue weighted by atomic mass is 9.99. The van der Waals surface area contributed by atoms with Gasteiger partial charge in [-0.3, -0.25) is 9.35 Å². The van der Waals surface area contributed by atoms with E-state index in [1.807, 2.05) is 0 Å². The molecule has 0 radical (unpaired) electrons. The van der Waals surface area contributed by atoms with Crippen LogP contribution in [0.15, 0.2) is 60.8 Å². The maximum Gasteiger partial charge on any atom is 0.397 e. The lowest BCUT2D eigenvalue weighted by Gasteiger charge is -2.41. The van der Waals surface area contributed by atoms with E-state index in [0.29, 0.717) is 13.0 Å². The third-order valence-electron chi connectivity index (χ3n) is 11.6. The van der Waals surface area contributed by atoms with Crippen molar-refractivity contribution in [3.8, 4) is 0 Å². The van der Waals surface area contributed by atoms with Crippen molar-refractivity contribution < 1.29 is 56.2 Å². The normalized spacial score (nSPS) is 20.0. The Bertz CT molecular complexity index is 1380. The van der Waals surface area contributed by atoms with E-state index in [2.05, 4.69) is 78.8 Å². The molecule has 1 fully saturated rings. The van der Waals surface area contributed by atoms with E-state index in [0.717, 1.165) is 77.0 Å². The Morgan fingerprint density at radius 1 is 0.591 bits per heavy atom. The molecule has 0 aromatic rings. The molecule has 1 aliphatic heterocycles. The van der Waals surface area contributed by atoms with Crippen LogP contribution >= 0.6 is 0 Å². The van der Waals surface area contributed by atoms with Gasteiger partial charge in [0.2, 0.25) is 0 Å². The fourth-order valence-electron chi connectivity index (χ4n) is 7.72. The Kier molecular flexibility index (Phi) is 41.2. The molecular weight excluding hydrogens is 861 g/mol. The number of unbranched alkanes of at least 4 members (excludes halogenated alkanes) is 22. The summed E-state index contributed by atoms with van der Waals surface area (Å²) in [5, 5.41) is 30.7. The molecule has 0 spiro atoms. The average Bonchev–Trinajstić information content (AvgIpc) is 3.29. The van der Waals surface area contributed by atoms with Gasteiger partial charge in [-0.1, -0.05) is 184 Å². The van der Waals surface area contributed by atoms with E-state index < -0.39 is 59.8 Å². The lowest BCUT2D eigenvalue weighted by Crippen LogP contribution is -2.60. The van der Waals surface area contributed by atoms with Gasteiger partial charge in [-0.15, -0.1) is 0 Å². The number of hydrogen-bond donors (Lipinski definition) is 4. The van der Waals surface area contributed by atoms with Crippen molar-refractivity contribution in [2.24, 2.45) is 0 Å². The van der Waals surface area contributed by atoms with Crippen LogP contribution in [0.25, 0.3) is 0 Å². The Balaban J connectivity index is 2.32. The number of carbonyl (C=O) groups is 1. The molecule has 0 bridgehead atoms. The van der Waals surface area contributed by atoms with E-state index in [-0.39, 0.29) is 19.6 Å². The molecule has 1 aliphatic rings. The minimum absolute atomic E-state index is 0.0301. The molecule has 6 unspecified atom stereocenters. The van der Waals surface area contributed by atoms with Gasteiger partial charge in [0, 0.05) is 13.0 Å². The predicted molar refractivity (Wildman–Crippen MR) is 266 cm³/mol. The molecule has 4 N–H and O–H groups in total. The molecule has 12 nitrogen and oxygen atoms in total. The average molecular weight is 955 g/mol. The topological polar surface area (TPSA) is 178 Å². The van der Waals surface area contributed by atoms with Crippen LogP contribution < -0.4 is 0 Å². The van der Waals surface area contributed by atoms with Crippen LogP contribution in [-0.2, 0) is 38.3 Å². The molecule has 1 rings (SSSR count). The van der Waals surface area contributed by atoms with Gasteiger partial charge in [0.15, 0.2) is 6.29 Å². The summed E-state index contributed by atoms with van der Waals surface area (Å²) in [4.78, 5) is 12.9. The fourth-order valence-corrected chi connectivity index (χ4v) is 8.23. The second-order valence-corrected chi connectivity index (χ2v) is 18.8. The summed E-state index contributed by atoms with van der Waals surface area (Å²) in [5.41, 5.74) is 0. The molecule has 0 amide bonds. The van der Waals surface area contributed by atoms with Gasteiger partial charge in [0.25, 0.3) is 0 Å². The Morgan fingerprint density at radius 2 is 1.05 bits per heavy atom. The number of hydrogen-bond acceptors (Lipinski definition) is 11. The highest BCUT2D eigenvalue weighted by Crippen LogP contribution is 2.26. The van der Waals surface area contributed by atoms with Crippen molar-refractivity contribution >= 4 is 16.4 Å². The number of allylic oxidation sites excluding steroid dienone is 10. The Hall–Kier alpha value is -2.20. The zero-order chi connectivity index (χ0) is 48.2. The van der Waals surface area contributed by atoms with E-state index >= 15 is 0 Å². The summed E-state index contributed by atoms with van der Waals surface area (Å²) >= 11 is 0. The number of carbonyl (C=O) groups excluding carboxylic acids is 1. The van der Waals surface area contributed by atoms with Crippen molar-refractivity contribution in [2.75, 3.05) is 26.4 Å². The molecule has 6 atom stereocenters. The first kappa shape index (κ1) is 61.8. The minimum Gasteiger partial charge on any atom is -0.457 e. The standard InChI is InChI=1S/C53H94O12S/c1-3-5-7-9-11-13-15-17-19-20-21-22-23-24-25-26-27-28-29-30-32-34-36-38-40-42-49(55)63-47(45-61-43-41-39-37-35-33-31-18-16-14-12-10-8-6-4-2)46-62-53-51(57)52(65-66(58,59)60)50(56)48(44-54)64-53/h5,7,11,13-14,16-17,19,21-22,47-48,50-54,56-57H,3-4,6,8-10,12,15,18,20,23-46H2,1-2H3,(H,58,59,60)/b7-5-,13-11-,16-14-,19-17-,22-21-. The van der Waals surface area contributed by atoms with E-state index in [1.165, 1.54) is 103 Å². The first-order valence-electron chi connectivity index (χ1n) is 26.0. The lowest BCUT2D eigenvalue weighted by molar-refractivity contribution is -0.301. The van der Waals surface area contributed by atoms with Gasteiger partial charge >= 0.3 is 16.4 Å². The van der Waals surface area contributed by atoms with E-state index in [9.17, 15) is 33.1 Å². The highest BCUT2D eigenvalue weighted by Gasteiger charge is 2.48. The summed E-state index contributed by atoms with van der Waals surface area (Å²) in [6, 6.07) is 0. The van der Waals surface area contributed by atoms with Crippen LogP contribution in [0, 0.1) is 0 Å². The van der Waals surface area contributed by atoms with Gasteiger partial charge in [0.05, 0.1) is 19.8 Å². The van der Waals surface area contributed by atoms with Crippen molar-refractivity contribution in [2.45, 2.75) is 243 Å². The Labute approximate surface area is 401 Å². The SMILES string of the molecule is CC/C=C\C/C=C\C/C=C\C/C=C\CCCCCCCCCCCCCCC(=O)OC(COCCCCCCCC/C=C\CCCCCC)COC1OC(CO)C(O)C(OS(=O)(=O)O)C1O. The molecule has 66 heavy (non-hydrogen) atoms. The molecule has 1 saturated heterocycles. The third-order valence-corrected chi connectivity index (χ3v) is 12.1. The van der Waals surface area contributed by atoms with Crippen LogP contribution in [0.4, 0.5) is 0 Å². The second-order valence-electron chi connectivity index (χ2n) is 17.7. The zero-order valence-electron chi connectivity index (χ0n) is 41.2. The second kappa shape index (κ2) is 44.0. The van der Waals surface area contributed by atoms with Gasteiger partial charge in [-0.2, -0.15) is 8.42 Å². The molecule has 384 valence electrons. The van der Waals surface area contributed by atoms with E-state index in [1.54, 1.807) is 0 Å². The van der Waals surface area contributed by atoms with Crippen molar-refractivity contribution in [1.29, 1.82) is 0 Å². The summed E-state index contributed by atoms with van der Waals surface area (Å²) < 4.78 is 59.2. The zero-order valence-corrected chi connectivity index (χ0v) is 42.1. The van der Waals surface area contributed by atoms with Crippen molar-refractivity contribution in [3.63, 3.8) is 0 Å². The van der Waals surface area contributed by atoms with Crippen LogP contribution in [0.3, 0.4) is 0 Å². The summed E-state index contributed by atoms with van der Waals surface area (Å²) in [6.07, 6.45) is 46.8. The van der Waals surface area contributed by atoms with Crippen LogP contribution in [0.1, 0.15) is 206 Å². The minimum atomic E-state index is -5.07. The largest absolute Gasteiger partial charge is 0.457 e. The number of aliphatic hydroxyl groups excluding tert-OH is 3. The fraction of sp³-hybridized carbons (Fsp3) is 0.792. The molecule has 0 aromatic heterocycles. The van der Waals surface area contributed by atoms with Crippen molar-refractivity contribution in [3.05, 3.63) is 60.8 Å². The molecule has 0 aromatic carbocycles. The van der Waals surface area contributed by atoms with Crippen LogP contribution in [-0.4, -0.2) is 97.5 Å². The van der Waals surface area contributed by atoms with Crippen molar-refractivity contribution in [1.82, 2.24) is 0 Å². The molecule has 0 saturated carbocycles. The first-order chi connectivity index (χ1) is 32.1. The monoisotopic (exact) mass is 955 g/mol. The maximum absolute atomic E-state index is 12.9. The van der Waals surface area contributed by atoms with Crippen LogP contribution in [0.2, 0.25) is 0 Å². The number of aliphatic hydroxyl groups is 3. The predicted octanol–water partition coefficient (Wildman–Crippen LogP) is 12.1. The quantitative estimate of drug-likeness (QED) is 0.0197. The van der Waals surface area contributed by atoms with Gasteiger partial charge in [-0.05, 0) is 77.0 Å². The van der Waals surface area contributed by atoms with Gasteiger partial charge < -0.3 is 34.3 Å². The molecule has 13 heteroatoms. The number of rotatable bonds is 45. The summed E-state index contributed by atoms with van der Waals surface area (Å²) in [5.74, 6) is -0.404. The van der Waals surface area contributed by atoms with Gasteiger partial charge in [-0.25, -0.2) is 4.18 Å². The summed E-state index contributed by atoms with van der Waals surface area (Å²) in [7, 11) is -5.07. The molecule has 1 heterocycles. The summed E-state index contributed by atoms with van der Waals surface area (Å²) in [6.45, 7) is 3.86. The van der Waals surface area contributed by atoms with Crippen LogP contribution in [0.5, 0.6) is 0 Å². The third kappa shape index (κ3) is 36.8. The highest BCUT2D eigenvalue weighted by atomic mass is 32.3.